The van der Waals surface area contributed by atoms with E-state index in [0.29, 0.717) is 0 Å². The zero-order chi connectivity index (χ0) is 8.81. The van der Waals surface area contributed by atoms with E-state index in [1.54, 1.807) is 6.07 Å². The molecular formula is C7H10N4O. The summed E-state index contributed by atoms with van der Waals surface area (Å²) >= 11 is 0. The van der Waals surface area contributed by atoms with Gasteiger partial charge in [0.1, 0.15) is 12.3 Å². The molecule has 64 valence electrons. The summed E-state index contributed by atoms with van der Waals surface area (Å²) in [6, 6.07) is 1.75. The van der Waals surface area contributed by atoms with Gasteiger partial charge in [0, 0.05) is 13.0 Å². The lowest BCUT2D eigenvalue weighted by atomic mass is 10.3. The minimum Gasteiger partial charge on any atom is -0.286 e. The largest absolute Gasteiger partial charge is 0.286 e. The summed E-state index contributed by atoms with van der Waals surface area (Å²) in [4.78, 5) is 14.8. The summed E-state index contributed by atoms with van der Waals surface area (Å²) in [6.07, 6.45) is 1.77. The van der Waals surface area contributed by atoms with E-state index >= 15 is 0 Å². The molecule has 0 bridgehead atoms. The van der Waals surface area contributed by atoms with Gasteiger partial charge in [-0.05, 0) is 6.42 Å². The van der Waals surface area contributed by atoms with E-state index in [-0.39, 0.29) is 12.3 Å². The van der Waals surface area contributed by atoms with E-state index in [1.165, 1.54) is 0 Å². The number of nitrogens with zero attached hydrogens (tertiary/aromatic N) is 2. The quantitative estimate of drug-likeness (QED) is 0.525. The predicted molar refractivity (Wildman–Crippen MR) is 43.0 cm³/mol. The molecule has 0 radical (unpaired) electrons. The van der Waals surface area contributed by atoms with Crippen molar-refractivity contribution in [3.8, 4) is 6.07 Å². The molecule has 1 amide bonds. The van der Waals surface area contributed by atoms with E-state index in [4.69, 9.17) is 5.26 Å². The molecule has 1 aliphatic heterocycles. The van der Waals surface area contributed by atoms with Gasteiger partial charge in [-0.2, -0.15) is 5.26 Å². The molecule has 0 aromatic rings. The fraction of sp³-hybridized carbons (Fsp3) is 0.571. The summed E-state index contributed by atoms with van der Waals surface area (Å²) in [7, 11) is 0. The molecule has 0 spiro atoms. The van der Waals surface area contributed by atoms with E-state index in [9.17, 15) is 4.79 Å². The van der Waals surface area contributed by atoms with E-state index in [1.807, 2.05) is 0 Å². The maximum atomic E-state index is 10.7. The second kappa shape index (κ2) is 4.34. The van der Waals surface area contributed by atoms with Crippen molar-refractivity contribution in [2.45, 2.75) is 19.3 Å². The lowest BCUT2D eigenvalue weighted by Crippen LogP contribution is -2.40. The average Bonchev–Trinajstić information content (AvgIpc) is 2.53. The summed E-state index contributed by atoms with van der Waals surface area (Å²) in [5.74, 6) is 0.466. The highest BCUT2D eigenvalue weighted by molar-refractivity contribution is 5.86. The maximum Gasteiger partial charge on any atom is 0.252 e. The van der Waals surface area contributed by atoms with Crippen molar-refractivity contribution in [2.75, 3.05) is 6.54 Å². The minimum atomic E-state index is -0.327. The van der Waals surface area contributed by atoms with Crippen LogP contribution in [0.5, 0.6) is 0 Å². The molecular weight excluding hydrogens is 156 g/mol. The Morgan fingerprint density at radius 3 is 3.17 bits per heavy atom. The summed E-state index contributed by atoms with van der Waals surface area (Å²) in [5.41, 5.74) is 5.05. The van der Waals surface area contributed by atoms with Gasteiger partial charge >= 0.3 is 0 Å². The Morgan fingerprint density at radius 2 is 2.58 bits per heavy atom. The number of hydrogen-bond acceptors (Lipinski definition) is 4. The zero-order valence-electron chi connectivity index (χ0n) is 6.63. The third-order valence-electron chi connectivity index (χ3n) is 1.46. The minimum absolute atomic E-state index is 0.125. The lowest BCUT2D eigenvalue weighted by molar-refractivity contribution is -0.120. The molecule has 0 aromatic heterocycles. The predicted octanol–water partition coefficient (Wildman–Crippen LogP) is -0.287. The first kappa shape index (κ1) is 8.53. The van der Waals surface area contributed by atoms with Crippen LogP contribution in [0.15, 0.2) is 4.99 Å². The molecule has 0 atom stereocenters. The fourth-order valence-electron chi connectivity index (χ4n) is 0.899. The monoisotopic (exact) mass is 166 g/mol. The van der Waals surface area contributed by atoms with Crippen LogP contribution < -0.4 is 10.9 Å². The van der Waals surface area contributed by atoms with E-state index in [0.717, 1.165) is 25.2 Å². The molecule has 1 heterocycles. The van der Waals surface area contributed by atoms with Crippen molar-refractivity contribution in [3.05, 3.63) is 0 Å². The van der Waals surface area contributed by atoms with Gasteiger partial charge in [0.2, 0.25) is 0 Å². The first-order valence-corrected chi connectivity index (χ1v) is 3.78. The Bertz CT molecular complexity index is 240. The molecule has 1 aliphatic rings. The number of nitriles is 1. The number of aliphatic imine (C=N–C) groups is 1. The fourth-order valence-corrected chi connectivity index (χ4v) is 0.899. The second-order valence-corrected chi connectivity index (χ2v) is 2.44. The van der Waals surface area contributed by atoms with Crippen molar-refractivity contribution in [1.29, 1.82) is 5.26 Å². The van der Waals surface area contributed by atoms with E-state index < -0.39 is 0 Å². The number of amidine groups is 1. The molecule has 0 saturated heterocycles. The Kier molecular flexibility index (Phi) is 3.08. The summed E-state index contributed by atoms with van der Waals surface area (Å²) in [5, 5.41) is 8.16. The van der Waals surface area contributed by atoms with Crippen molar-refractivity contribution in [3.63, 3.8) is 0 Å². The first-order chi connectivity index (χ1) is 5.83. The van der Waals surface area contributed by atoms with Crippen molar-refractivity contribution < 1.29 is 4.79 Å². The Balaban J connectivity index is 2.17. The lowest BCUT2D eigenvalue weighted by Gasteiger charge is -2.04. The first-order valence-electron chi connectivity index (χ1n) is 3.78. The molecule has 0 fully saturated rings. The van der Waals surface area contributed by atoms with Crippen LogP contribution in [-0.2, 0) is 4.79 Å². The van der Waals surface area contributed by atoms with Crippen molar-refractivity contribution in [1.82, 2.24) is 10.9 Å². The highest BCUT2D eigenvalue weighted by Crippen LogP contribution is 1.99. The molecule has 5 heteroatoms. The number of rotatable bonds is 1. The van der Waals surface area contributed by atoms with Gasteiger partial charge in [-0.1, -0.05) is 0 Å². The Hall–Kier alpha value is -1.57. The van der Waals surface area contributed by atoms with Gasteiger partial charge < -0.3 is 0 Å². The average molecular weight is 166 g/mol. The molecule has 5 nitrogen and oxygen atoms in total. The zero-order valence-corrected chi connectivity index (χ0v) is 6.63. The SMILES string of the molecule is N#CCC(=O)NNC1=NCCC1. The van der Waals surface area contributed by atoms with Crippen LogP contribution in [0.3, 0.4) is 0 Å². The standard InChI is InChI=1S/C7H10N4O/c8-4-3-7(12)11-10-6-2-1-5-9-6/h1-3,5H2,(H,9,10)(H,11,12). The van der Waals surface area contributed by atoms with Gasteiger partial charge in [0.15, 0.2) is 0 Å². The second-order valence-electron chi connectivity index (χ2n) is 2.44. The topological polar surface area (TPSA) is 77.3 Å². The highest BCUT2D eigenvalue weighted by Gasteiger charge is 2.06. The smallest absolute Gasteiger partial charge is 0.252 e. The van der Waals surface area contributed by atoms with Gasteiger partial charge in [0.05, 0.1) is 6.07 Å². The number of hydrazine groups is 1. The molecule has 12 heavy (non-hydrogen) atoms. The maximum absolute atomic E-state index is 10.7. The van der Waals surface area contributed by atoms with Crippen LogP contribution in [0, 0.1) is 11.3 Å². The number of nitrogens with one attached hydrogen (secondary N) is 2. The van der Waals surface area contributed by atoms with Gasteiger partial charge in [-0.3, -0.25) is 20.6 Å². The van der Waals surface area contributed by atoms with Crippen LogP contribution >= 0.6 is 0 Å². The molecule has 0 aliphatic carbocycles. The van der Waals surface area contributed by atoms with Crippen LogP contribution in [0.4, 0.5) is 0 Å². The summed E-state index contributed by atoms with van der Waals surface area (Å²) < 4.78 is 0. The van der Waals surface area contributed by atoms with Gasteiger partial charge in [-0.25, -0.2) is 0 Å². The normalized spacial score (nSPS) is 14.8. The molecule has 0 unspecified atom stereocenters. The highest BCUT2D eigenvalue weighted by atomic mass is 16.2. The van der Waals surface area contributed by atoms with Crippen molar-refractivity contribution in [2.24, 2.45) is 4.99 Å². The molecule has 2 N–H and O–H groups in total. The Morgan fingerprint density at radius 1 is 1.75 bits per heavy atom. The number of carbonyl (C=O) groups excluding carboxylic acids is 1. The molecule has 1 rings (SSSR count). The number of hydrogen-bond donors (Lipinski definition) is 2. The number of carbonyl (C=O) groups is 1. The summed E-state index contributed by atoms with van der Waals surface area (Å²) in [6.45, 7) is 0.816. The Labute approximate surface area is 70.4 Å². The van der Waals surface area contributed by atoms with Crippen LogP contribution in [0.2, 0.25) is 0 Å². The van der Waals surface area contributed by atoms with Crippen LogP contribution in [0.1, 0.15) is 19.3 Å². The van der Waals surface area contributed by atoms with Crippen LogP contribution in [0.25, 0.3) is 0 Å². The number of amides is 1. The third-order valence-corrected chi connectivity index (χ3v) is 1.46. The van der Waals surface area contributed by atoms with Gasteiger partial charge in [0.25, 0.3) is 5.91 Å². The molecule has 0 saturated carbocycles. The van der Waals surface area contributed by atoms with Crippen molar-refractivity contribution >= 4 is 11.7 Å². The van der Waals surface area contributed by atoms with Crippen LogP contribution in [-0.4, -0.2) is 18.3 Å². The third kappa shape index (κ3) is 2.58. The van der Waals surface area contributed by atoms with E-state index in [2.05, 4.69) is 15.8 Å². The molecule has 0 aromatic carbocycles. The van der Waals surface area contributed by atoms with Gasteiger partial charge in [-0.15, -0.1) is 0 Å².